The quantitative estimate of drug-likeness (QED) is 0.631. The van der Waals surface area contributed by atoms with E-state index in [1.807, 2.05) is 0 Å². The van der Waals surface area contributed by atoms with Crippen LogP contribution in [-0.2, 0) is 0 Å². The van der Waals surface area contributed by atoms with Crippen molar-refractivity contribution >= 4 is 34.0 Å². The number of hydrogen-bond donors (Lipinski definition) is 3. The van der Waals surface area contributed by atoms with Crippen LogP contribution in [0.3, 0.4) is 0 Å². The predicted molar refractivity (Wildman–Crippen MR) is 77.6 cm³/mol. The Morgan fingerprint density at radius 2 is 1.81 bits per heavy atom. The van der Waals surface area contributed by atoms with Crippen molar-refractivity contribution in [2.45, 2.75) is 0 Å². The van der Waals surface area contributed by atoms with Gasteiger partial charge in [-0.3, -0.25) is 0 Å². The normalized spacial score (nSPS) is 10.8. The minimum atomic E-state index is -0.530. The maximum Gasteiger partial charge on any atom is 0.159 e. The molecule has 0 unspecified atom stereocenters. The van der Waals surface area contributed by atoms with Crippen LogP contribution < -0.4 is 5.32 Å². The Balaban J connectivity index is 2.10. The molecule has 0 aliphatic heterocycles. The van der Waals surface area contributed by atoms with Gasteiger partial charge in [0, 0.05) is 16.5 Å². The standard InChI is InChI=1S/C14H9ClFN3O2/c15-7-1-2-10(9(16)3-7)19-14-8-4-12(20)13(21)5-11(8)17-6-18-14/h1-6,20-21H,(H,17,18,19). The highest BCUT2D eigenvalue weighted by Crippen LogP contribution is 2.33. The van der Waals surface area contributed by atoms with Crippen LogP contribution >= 0.6 is 11.6 Å². The molecule has 1 heterocycles. The number of hydrogen-bond acceptors (Lipinski definition) is 5. The molecule has 106 valence electrons. The fraction of sp³-hybridized carbons (Fsp3) is 0. The molecule has 0 radical (unpaired) electrons. The maximum absolute atomic E-state index is 13.8. The molecule has 21 heavy (non-hydrogen) atoms. The van der Waals surface area contributed by atoms with Crippen LogP contribution in [0.25, 0.3) is 10.9 Å². The van der Waals surface area contributed by atoms with E-state index in [2.05, 4.69) is 15.3 Å². The number of anilines is 2. The Hall–Kier alpha value is -2.60. The zero-order valence-electron chi connectivity index (χ0n) is 10.5. The van der Waals surface area contributed by atoms with Crippen molar-refractivity contribution in [2.75, 3.05) is 5.32 Å². The van der Waals surface area contributed by atoms with Crippen LogP contribution in [0.5, 0.6) is 11.5 Å². The smallest absolute Gasteiger partial charge is 0.159 e. The van der Waals surface area contributed by atoms with Gasteiger partial charge in [0.25, 0.3) is 0 Å². The van der Waals surface area contributed by atoms with Crippen LogP contribution in [0.1, 0.15) is 0 Å². The van der Waals surface area contributed by atoms with E-state index < -0.39 is 5.82 Å². The van der Waals surface area contributed by atoms with Gasteiger partial charge in [-0.15, -0.1) is 0 Å². The van der Waals surface area contributed by atoms with Crippen molar-refractivity contribution in [3.05, 3.63) is 47.5 Å². The summed E-state index contributed by atoms with van der Waals surface area (Å²) in [7, 11) is 0. The van der Waals surface area contributed by atoms with E-state index in [0.29, 0.717) is 16.7 Å². The monoisotopic (exact) mass is 305 g/mol. The second kappa shape index (κ2) is 5.06. The van der Waals surface area contributed by atoms with Crippen LogP contribution in [0.4, 0.5) is 15.9 Å². The van der Waals surface area contributed by atoms with E-state index >= 15 is 0 Å². The zero-order valence-corrected chi connectivity index (χ0v) is 11.3. The lowest BCUT2D eigenvalue weighted by atomic mass is 10.2. The minimum Gasteiger partial charge on any atom is -0.504 e. The summed E-state index contributed by atoms with van der Waals surface area (Å²) in [6, 6.07) is 6.80. The number of nitrogens with one attached hydrogen (secondary N) is 1. The fourth-order valence-electron chi connectivity index (χ4n) is 1.90. The van der Waals surface area contributed by atoms with Gasteiger partial charge in [-0.25, -0.2) is 14.4 Å². The lowest BCUT2D eigenvalue weighted by molar-refractivity contribution is 0.405. The van der Waals surface area contributed by atoms with Crippen molar-refractivity contribution in [3.63, 3.8) is 0 Å². The number of fused-ring (bicyclic) bond motifs is 1. The second-order valence-corrected chi connectivity index (χ2v) is 4.77. The highest BCUT2D eigenvalue weighted by Gasteiger charge is 2.10. The van der Waals surface area contributed by atoms with E-state index in [9.17, 15) is 14.6 Å². The first-order valence-electron chi connectivity index (χ1n) is 5.93. The van der Waals surface area contributed by atoms with Crippen LogP contribution in [0.2, 0.25) is 5.02 Å². The first-order chi connectivity index (χ1) is 10.0. The molecule has 3 aromatic rings. The average Bonchev–Trinajstić information content (AvgIpc) is 2.44. The van der Waals surface area contributed by atoms with Crippen LogP contribution in [0, 0.1) is 5.82 Å². The molecule has 0 saturated carbocycles. The van der Waals surface area contributed by atoms with Gasteiger partial charge in [0.05, 0.1) is 11.2 Å². The van der Waals surface area contributed by atoms with E-state index in [1.165, 1.54) is 30.6 Å². The number of benzene rings is 2. The number of phenolic OH excluding ortho intramolecular Hbond substituents is 2. The Labute approximate surface area is 123 Å². The van der Waals surface area contributed by atoms with Crippen molar-refractivity contribution < 1.29 is 14.6 Å². The van der Waals surface area contributed by atoms with Crippen molar-refractivity contribution in [1.82, 2.24) is 9.97 Å². The summed E-state index contributed by atoms with van der Waals surface area (Å²) in [5, 5.41) is 22.6. The summed E-state index contributed by atoms with van der Waals surface area (Å²) in [6.07, 6.45) is 1.27. The van der Waals surface area contributed by atoms with Crippen molar-refractivity contribution in [2.24, 2.45) is 0 Å². The molecule has 0 atom stereocenters. The molecule has 0 saturated heterocycles. The molecule has 0 amide bonds. The predicted octanol–water partition coefficient (Wildman–Crippen LogP) is 3.58. The average molecular weight is 306 g/mol. The van der Waals surface area contributed by atoms with Gasteiger partial charge in [0.2, 0.25) is 0 Å². The molecule has 5 nitrogen and oxygen atoms in total. The van der Waals surface area contributed by atoms with Crippen molar-refractivity contribution in [1.29, 1.82) is 0 Å². The van der Waals surface area contributed by atoms with Gasteiger partial charge in [-0.1, -0.05) is 11.6 Å². The Bertz CT molecular complexity index is 842. The maximum atomic E-state index is 13.8. The topological polar surface area (TPSA) is 78.3 Å². The van der Waals surface area contributed by atoms with Gasteiger partial charge in [0.1, 0.15) is 18.0 Å². The molecular formula is C14H9ClFN3O2. The molecule has 1 aromatic heterocycles. The fourth-order valence-corrected chi connectivity index (χ4v) is 2.06. The Kier molecular flexibility index (Phi) is 3.23. The van der Waals surface area contributed by atoms with E-state index in [4.69, 9.17) is 11.6 Å². The highest BCUT2D eigenvalue weighted by molar-refractivity contribution is 6.30. The molecular weight excluding hydrogens is 297 g/mol. The Morgan fingerprint density at radius 3 is 2.57 bits per heavy atom. The summed E-state index contributed by atoms with van der Waals surface area (Å²) in [5.41, 5.74) is 0.601. The molecule has 0 spiro atoms. The van der Waals surface area contributed by atoms with Gasteiger partial charge in [-0.05, 0) is 24.3 Å². The Morgan fingerprint density at radius 1 is 1.05 bits per heavy atom. The lowest BCUT2D eigenvalue weighted by Crippen LogP contribution is -1.98. The third kappa shape index (κ3) is 2.53. The first-order valence-corrected chi connectivity index (χ1v) is 6.31. The van der Waals surface area contributed by atoms with Crippen molar-refractivity contribution in [3.8, 4) is 11.5 Å². The summed E-state index contributed by atoms with van der Waals surface area (Å²) in [6.45, 7) is 0. The number of halogens is 2. The second-order valence-electron chi connectivity index (χ2n) is 4.33. The van der Waals surface area contributed by atoms with Crippen LogP contribution in [-0.4, -0.2) is 20.2 Å². The summed E-state index contributed by atoms with van der Waals surface area (Å²) in [5.74, 6) is -0.824. The largest absolute Gasteiger partial charge is 0.504 e. The molecule has 2 aromatic carbocycles. The van der Waals surface area contributed by atoms with Gasteiger partial charge < -0.3 is 15.5 Å². The molecule has 3 rings (SSSR count). The number of nitrogens with zero attached hydrogens (tertiary/aromatic N) is 2. The number of rotatable bonds is 2. The van der Waals surface area contributed by atoms with Gasteiger partial charge >= 0.3 is 0 Å². The van der Waals surface area contributed by atoms with Gasteiger partial charge in [-0.2, -0.15) is 0 Å². The SMILES string of the molecule is Oc1cc2ncnc(Nc3ccc(Cl)cc3F)c2cc1O. The van der Waals surface area contributed by atoms with E-state index in [0.717, 1.165) is 0 Å². The summed E-state index contributed by atoms with van der Waals surface area (Å²) < 4.78 is 13.8. The van der Waals surface area contributed by atoms with Gasteiger partial charge in [0.15, 0.2) is 11.5 Å². The molecule has 0 fully saturated rings. The van der Waals surface area contributed by atoms with E-state index in [-0.39, 0.29) is 22.2 Å². The number of aromatic hydroxyl groups is 2. The zero-order chi connectivity index (χ0) is 15.0. The molecule has 0 aliphatic rings. The molecule has 3 N–H and O–H groups in total. The van der Waals surface area contributed by atoms with E-state index in [1.54, 1.807) is 6.07 Å². The summed E-state index contributed by atoms with van der Waals surface area (Å²) in [4.78, 5) is 8.01. The number of aromatic nitrogens is 2. The minimum absolute atomic E-state index is 0.187. The molecule has 0 bridgehead atoms. The third-order valence-electron chi connectivity index (χ3n) is 2.92. The molecule has 7 heteroatoms. The summed E-state index contributed by atoms with van der Waals surface area (Å²) >= 11 is 5.70. The third-order valence-corrected chi connectivity index (χ3v) is 3.15. The lowest BCUT2D eigenvalue weighted by Gasteiger charge is -2.10. The highest BCUT2D eigenvalue weighted by atomic mass is 35.5. The number of phenols is 2. The molecule has 0 aliphatic carbocycles. The van der Waals surface area contributed by atoms with Crippen LogP contribution in [0.15, 0.2) is 36.7 Å². The first kappa shape index (κ1) is 13.4.